The maximum absolute atomic E-state index is 12.6. The number of hydrazone groups is 1. The number of hydrogen-bond donors (Lipinski definition) is 1. The van der Waals surface area contributed by atoms with Crippen LogP contribution in [0.15, 0.2) is 76.3 Å². The Balaban J connectivity index is 1.36. The van der Waals surface area contributed by atoms with Crippen molar-refractivity contribution in [1.29, 1.82) is 0 Å². The van der Waals surface area contributed by atoms with Gasteiger partial charge in [0.25, 0.3) is 0 Å². The monoisotopic (exact) mass is 569 g/mol. The fourth-order valence-electron chi connectivity index (χ4n) is 3.78. The number of nitrogens with zero attached hydrogens (tertiary/aromatic N) is 2. The average molecular weight is 571 g/mol. The molecule has 0 unspecified atom stereocenters. The summed E-state index contributed by atoms with van der Waals surface area (Å²) in [4.78, 5) is 26.7. The SMILES string of the molecule is CCOc1cc(/C=N\NC(=O)[C@@H]2CC(=O)N(c3ccc(Br)cc3)C2)ccc1OCc1ccccc1Cl. The van der Waals surface area contributed by atoms with Crippen LogP contribution >= 0.6 is 27.5 Å². The molecule has 1 atom stereocenters. The lowest BCUT2D eigenvalue weighted by Gasteiger charge is -2.16. The molecule has 1 aliphatic rings. The first-order chi connectivity index (χ1) is 17.4. The standard InChI is InChI=1S/C27H25BrClN3O4/c1-2-35-25-13-18(7-12-24(25)36-17-19-5-3-4-6-23(19)29)15-30-31-27(34)20-14-26(33)32(16-20)22-10-8-21(28)9-11-22/h3-13,15,20H,2,14,16-17H2,1H3,(H,31,34)/b30-15-/t20-/m1/s1. The van der Waals surface area contributed by atoms with Crippen LogP contribution in [-0.2, 0) is 16.2 Å². The van der Waals surface area contributed by atoms with Crippen LogP contribution in [0.5, 0.6) is 11.5 Å². The molecule has 3 aromatic carbocycles. The van der Waals surface area contributed by atoms with Gasteiger partial charge in [0.1, 0.15) is 6.61 Å². The van der Waals surface area contributed by atoms with Gasteiger partial charge in [-0.15, -0.1) is 0 Å². The minimum Gasteiger partial charge on any atom is -0.490 e. The molecule has 0 aromatic heterocycles. The molecule has 0 saturated carbocycles. The Morgan fingerprint density at radius 2 is 1.92 bits per heavy atom. The third-order valence-corrected chi connectivity index (χ3v) is 6.53. The molecule has 9 heteroatoms. The lowest BCUT2D eigenvalue weighted by atomic mass is 10.1. The van der Waals surface area contributed by atoms with Gasteiger partial charge in [0, 0.05) is 33.7 Å². The van der Waals surface area contributed by atoms with E-state index in [1.54, 1.807) is 17.0 Å². The number of carbonyl (C=O) groups is 2. The van der Waals surface area contributed by atoms with Crippen molar-refractivity contribution in [3.8, 4) is 11.5 Å². The van der Waals surface area contributed by atoms with Crippen molar-refractivity contribution in [2.45, 2.75) is 20.0 Å². The van der Waals surface area contributed by atoms with Crippen molar-refractivity contribution in [3.63, 3.8) is 0 Å². The van der Waals surface area contributed by atoms with E-state index in [4.69, 9.17) is 21.1 Å². The Morgan fingerprint density at radius 3 is 2.67 bits per heavy atom. The minimum absolute atomic E-state index is 0.0878. The van der Waals surface area contributed by atoms with Crippen molar-refractivity contribution >= 4 is 51.2 Å². The van der Waals surface area contributed by atoms with Crippen LogP contribution in [0.4, 0.5) is 5.69 Å². The minimum atomic E-state index is -0.474. The summed E-state index contributed by atoms with van der Waals surface area (Å²) in [7, 11) is 0. The summed E-state index contributed by atoms with van der Waals surface area (Å²) < 4.78 is 12.6. The molecule has 1 heterocycles. The highest BCUT2D eigenvalue weighted by atomic mass is 79.9. The number of halogens is 2. The number of benzene rings is 3. The van der Waals surface area contributed by atoms with Crippen LogP contribution < -0.4 is 19.8 Å². The van der Waals surface area contributed by atoms with Crippen molar-refractivity contribution in [2.24, 2.45) is 11.0 Å². The van der Waals surface area contributed by atoms with E-state index in [0.717, 1.165) is 21.3 Å². The van der Waals surface area contributed by atoms with Crippen molar-refractivity contribution in [2.75, 3.05) is 18.1 Å². The molecule has 0 spiro atoms. The summed E-state index contributed by atoms with van der Waals surface area (Å²) in [5, 5.41) is 4.72. The highest BCUT2D eigenvalue weighted by Gasteiger charge is 2.35. The molecular weight excluding hydrogens is 546 g/mol. The Hall–Kier alpha value is -3.36. The first-order valence-electron chi connectivity index (χ1n) is 11.5. The molecule has 3 aromatic rings. The van der Waals surface area contributed by atoms with Gasteiger partial charge in [-0.3, -0.25) is 9.59 Å². The number of nitrogens with one attached hydrogen (secondary N) is 1. The van der Waals surface area contributed by atoms with Gasteiger partial charge in [-0.25, -0.2) is 5.43 Å². The lowest BCUT2D eigenvalue weighted by Crippen LogP contribution is -2.30. The lowest BCUT2D eigenvalue weighted by molar-refractivity contribution is -0.126. The maximum atomic E-state index is 12.6. The van der Waals surface area contributed by atoms with Crippen molar-refractivity contribution in [1.82, 2.24) is 5.43 Å². The normalized spacial score (nSPS) is 15.4. The second-order valence-electron chi connectivity index (χ2n) is 8.14. The van der Waals surface area contributed by atoms with E-state index in [2.05, 4.69) is 26.5 Å². The zero-order valence-electron chi connectivity index (χ0n) is 19.6. The Labute approximate surface area is 223 Å². The summed E-state index contributed by atoms with van der Waals surface area (Å²) in [5.41, 5.74) is 4.92. The summed E-state index contributed by atoms with van der Waals surface area (Å²) in [6, 6.07) is 20.3. The van der Waals surface area contributed by atoms with E-state index in [0.29, 0.717) is 36.3 Å². The third kappa shape index (κ3) is 6.44. The first-order valence-corrected chi connectivity index (χ1v) is 12.6. The van der Waals surface area contributed by atoms with E-state index < -0.39 is 5.92 Å². The Bertz CT molecular complexity index is 1270. The number of rotatable bonds is 9. The molecule has 7 nitrogen and oxygen atoms in total. The van der Waals surface area contributed by atoms with E-state index >= 15 is 0 Å². The fourth-order valence-corrected chi connectivity index (χ4v) is 4.23. The molecule has 0 bridgehead atoms. The van der Waals surface area contributed by atoms with Gasteiger partial charge >= 0.3 is 0 Å². The fraction of sp³-hybridized carbons (Fsp3) is 0.222. The topological polar surface area (TPSA) is 80.2 Å². The first kappa shape index (κ1) is 25.7. The zero-order valence-corrected chi connectivity index (χ0v) is 22.0. The molecule has 36 heavy (non-hydrogen) atoms. The third-order valence-electron chi connectivity index (χ3n) is 5.63. The van der Waals surface area contributed by atoms with Crippen LogP contribution in [0.1, 0.15) is 24.5 Å². The van der Waals surface area contributed by atoms with Crippen LogP contribution in [-0.4, -0.2) is 31.2 Å². The molecular formula is C27H25BrClN3O4. The second-order valence-corrected chi connectivity index (χ2v) is 9.46. The maximum Gasteiger partial charge on any atom is 0.245 e. The quantitative estimate of drug-likeness (QED) is 0.269. The van der Waals surface area contributed by atoms with Gasteiger partial charge in [0.05, 0.1) is 18.7 Å². The summed E-state index contributed by atoms with van der Waals surface area (Å²) in [5.74, 6) is 0.277. The number of anilines is 1. The van der Waals surface area contributed by atoms with Crippen LogP contribution in [0.25, 0.3) is 0 Å². The highest BCUT2D eigenvalue weighted by Crippen LogP contribution is 2.30. The van der Waals surface area contributed by atoms with Gasteiger partial charge in [0.15, 0.2) is 11.5 Å². The van der Waals surface area contributed by atoms with E-state index in [1.165, 1.54) is 6.21 Å². The smallest absolute Gasteiger partial charge is 0.245 e. The molecule has 2 amide bonds. The van der Waals surface area contributed by atoms with Crippen LogP contribution in [0.3, 0.4) is 0 Å². The number of ether oxygens (including phenoxy) is 2. The second kappa shape index (κ2) is 12.1. The van der Waals surface area contributed by atoms with Gasteiger partial charge in [0.2, 0.25) is 11.8 Å². The largest absolute Gasteiger partial charge is 0.490 e. The number of hydrogen-bond acceptors (Lipinski definition) is 5. The summed E-state index contributed by atoms with van der Waals surface area (Å²) >= 11 is 9.60. The predicted octanol–water partition coefficient (Wildman–Crippen LogP) is 5.58. The molecule has 1 N–H and O–H groups in total. The molecule has 1 saturated heterocycles. The molecule has 1 fully saturated rings. The average Bonchev–Trinajstić information content (AvgIpc) is 3.26. The molecule has 4 rings (SSSR count). The molecule has 0 aliphatic carbocycles. The van der Waals surface area contributed by atoms with Gasteiger partial charge < -0.3 is 14.4 Å². The van der Waals surface area contributed by atoms with Gasteiger partial charge in [-0.2, -0.15) is 5.10 Å². The molecule has 1 aliphatic heterocycles. The highest BCUT2D eigenvalue weighted by molar-refractivity contribution is 9.10. The Morgan fingerprint density at radius 1 is 1.14 bits per heavy atom. The Kier molecular flexibility index (Phi) is 8.61. The van der Waals surface area contributed by atoms with E-state index in [-0.39, 0.29) is 18.2 Å². The van der Waals surface area contributed by atoms with Gasteiger partial charge in [-0.1, -0.05) is 45.7 Å². The zero-order chi connectivity index (χ0) is 25.5. The van der Waals surface area contributed by atoms with Gasteiger partial charge in [-0.05, 0) is 61.0 Å². The predicted molar refractivity (Wildman–Crippen MR) is 144 cm³/mol. The van der Waals surface area contributed by atoms with E-state index in [1.807, 2.05) is 61.5 Å². The number of amides is 2. The summed E-state index contributed by atoms with van der Waals surface area (Å²) in [6.07, 6.45) is 1.67. The molecule has 186 valence electrons. The number of carbonyl (C=O) groups excluding carboxylic acids is 2. The van der Waals surface area contributed by atoms with Crippen molar-refractivity contribution in [3.05, 3.63) is 87.4 Å². The van der Waals surface area contributed by atoms with Crippen molar-refractivity contribution < 1.29 is 19.1 Å². The van der Waals surface area contributed by atoms with Crippen LogP contribution in [0, 0.1) is 5.92 Å². The molecule has 0 radical (unpaired) electrons. The summed E-state index contributed by atoms with van der Waals surface area (Å²) in [6.45, 7) is 2.97. The van der Waals surface area contributed by atoms with E-state index in [9.17, 15) is 9.59 Å². The van der Waals surface area contributed by atoms with Crippen LogP contribution in [0.2, 0.25) is 5.02 Å².